The van der Waals surface area contributed by atoms with Crippen molar-refractivity contribution in [2.24, 2.45) is 5.73 Å². The molecule has 2 heteroatoms. The Morgan fingerprint density at radius 2 is 1.52 bits per heavy atom. The SMILES string of the molecule is CCCCCCCCc1ccc(-c2ccccc2C(N)=S)cc1. The molecule has 0 aliphatic heterocycles. The topological polar surface area (TPSA) is 26.0 Å². The zero-order valence-electron chi connectivity index (χ0n) is 14.1. The summed E-state index contributed by atoms with van der Waals surface area (Å²) in [6.45, 7) is 2.26. The van der Waals surface area contributed by atoms with Crippen molar-refractivity contribution in [1.29, 1.82) is 0 Å². The van der Waals surface area contributed by atoms with Crippen LogP contribution in [0.4, 0.5) is 0 Å². The molecule has 2 aromatic carbocycles. The van der Waals surface area contributed by atoms with E-state index in [9.17, 15) is 0 Å². The van der Waals surface area contributed by atoms with E-state index < -0.39 is 0 Å². The highest BCUT2D eigenvalue weighted by Gasteiger charge is 2.06. The molecular formula is C21H27NS. The summed E-state index contributed by atoms with van der Waals surface area (Å²) in [6.07, 6.45) is 9.23. The van der Waals surface area contributed by atoms with Gasteiger partial charge in [0.25, 0.3) is 0 Å². The Hall–Kier alpha value is -1.67. The predicted molar refractivity (Wildman–Crippen MR) is 105 cm³/mol. The number of benzene rings is 2. The first-order valence-corrected chi connectivity index (χ1v) is 9.11. The van der Waals surface area contributed by atoms with Gasteiger partial charge >= 0.3 is 0 Å². The number of thiocarbonyl (C=S) groups is 1. The van der Waals surface area contributed by atoms with Crippen molar-refractivity contribution in [3.8, 4) is 11.1 Å². The van der Waals surface area contributed by atoms with Crippen molar-refractivity contribution in [1.82, 2.24) is 0 Å². The number of nitrogens with two attached hydrogens (primary N) is 1. The summed E-state index contributed by atoms with van der Waals surface area (Å²) in [5.41, 5.74) is 10.5. The molecule has 0 bridgehead atoms. The van der Waals surface area contributed by atoms with Gasteiger partial charge in [0.15, 0.2) is 0 Å². The minimum Gasteiger partial charge on any atom is -0.389 e. The molecule has 0 saturated carbocycles. The summed E-state index contributed by atoms with van der Waals surface area (Å²) in [6, 6.07) is 16.9. The van der Waals surface area contributed by atoms with Gasteiger partial charge in [-0.15, -0.1) is 0 Å². The van der Waals surface area contributed by atoms with Crippen molar-refractivity contribution >= 4 is 17.2 Å². The fourth-order valence-corrected chi connectivity index (χ4v) is 3.09. The predicted octanol–water partition coefficient (Wildman–Crippen LogP) is 5.89. The number of aryl methyl sites for hydroxylation is 1. The monoisotopic (exact) mass is 325 g/mol. The molecule has 2 aromatic rings. The molecule has 0 aliphatic carbocycles. The van der Waals surface area contributed by atoms with Crippen molar-refractivity contribution in [2.75, 3.05) is 0 Å². The Kier molecular flexibility index (Phi) is 7.28. The van der Waals surface area contributed by atoms with Crippen LogP contribution >= 0.6 is 12.2 Å². The van der Waals surface area contributed by atoms with Crippen LogP contribution < -0.4 is 5.73 Å². The van der Waals surface area contributed by atoms with Gasteiger partial charge in [0.05, 0.1) is 0 Å². The summed E-state index contributed by atoms with van der Waals surface area (Å²) < 4.78 is 0. The lowest BCUT2D eigenvalue weighted by Gasteiger charge is -2.09. The van der Waals surface area contributed by atoms with E-state index in [2.05, 4.69) is 37.3 Å². The van der Waals surface area contributed by atoms with E-state index in [1.807, 2.05) is 18.2 Å². The molecule has 0 radical (unpaired) electrons. The smallest absolute Gasteiger partial charge is 0.104 e. The largest absolute Gasteiger partial charge is 0.389 e. The fourth-order valence-electron chi connectivity index (χ4n) is 2.91. The quantitative estimate of drug-likeness (QED) is 0.459. The first-order valence-electron chi connectivity index (χ1n) is 8.70. The number of hydrogen-bond donors (Lipinski definition) is 1. The number of rotatable bonds is 9. The van der Waals surface area contributed by atoms with E-state index in [-0.39, 0.29) is 0 Å². The third-order valence-corrected chi connectivity index (χ3v) is 4.50. The van der Waals surface area contributed by atoms with Crippen LogP contribution in [0.25, 0.3) is 11.1 Å². The van der Waals surface area contributed by atoms with Gasteiger partial charge in [-0.25, -0.2) is 0 Å². The van der Waals surface area contributed by atoms with Gasteiger partial charge in [0.2, 0.25) is 0 Å². The van der Waals surface area contributed by atoms with Gasteiger partial charge in [-0.2, -0.15) is 0 Å². The molecule has 23 heavy (non-hydrogen) atoms. The summed E-state index contributed by atoms with van der Waals surface area (Å²) >= 11 is 5.15. The van der Waals surface area contributed by atoms with E-state index in [1.54, 1.807) is 0 Å². The standard InChI is InChI=1S/C21H27NS/c1-2-3-4-5-6-7-10-17-13-15-18(16-14-17)19-11-8-9-12-20(19)21(22)23/h8-9,11-16H,2-7,10H2,1H3,(H2,22,23). The molecule has 0 atom stereocenters. The van der Waals surface area contributed by atoms with Gasteiger partial charge in [0.1, 0.15) is 4.99 Å². The normalized spacial score (nSPS) is 10.7. The molecule has 0 fully saturated rings. The lowest BCUT2D eigenvalue weighted by atomic mass is 9.97. The van der Waals surface area contributed by atoms with Crippen LogP contribution in [0, 0.1) is 0 Å². The van der Waals surface area contributed by atoms with Crippen LogP contribution in [-0.2, 0) is 6.42 Å². The van der Waals surface area contributed by atoms with Crippen molar-refractivity contribution in [3.63, 3.8) is 0 Å². The highest BCUT2D eigenvalue weighted by atomic mass is 32.1. The molecule has 0 heterocycles. The lowest BCUT2D eigenvalue weighted by molar-refractivity contribution is 0.607. The van der Waals surface area contributed by atoms with E-state index in [0.717, 1.165) is 11.1 Å². The summed E-state index contributed by atoms with van der Waals surface area (Å²) in [7, 11) is 0. The second-order valence-electron chi connectivity index (χ2n) is 6.12. The average Bonchev–Trinajstić information content (AvgIpc) is 2.58. The lowest BCUT2D eigenvalue weighted by Crippen LogP contribution is -2.10. The number of unbranched alkanes of at least 4 members (excludes halogenated alkanes) is 5. The van der Waals surface area contributed by atoms with Gasteiger partial charge in [0, 0.05) is 5.56 Å². The maximum atomic E-state index is 5.83. The van der Waals surface area contributed by atoms with Crippen LogP contribution in [0.15, 0.2) is 48.5 Å². The third-order valence-electron chi connectivity index (χ3n) is 4.28. The van der Waals surface area contributed by atoms with Gasteiger partial charge < -0.3 is 5.73 Å². The van der Waals surface area contributed by atoms with E-state index in [4.69, 9.17) is 18.0 Å². The van der Waals surface area contributed by atoms with E-state index >= 15 is 0 Å². The average molecular weight is 326 g/mol. The van der Waals surface area contributed by atoms with Crippen molar-refractivity contribution < 1.29 is 0 Å². The second-order valence-corrected chi connectivity index (χ2v) is 6.56. The van der Waals surface area contributed by atoms with E-state index in [0.29, 0.717) is 4.99 Å². The Balaban J connectivity index is 1.94. The molecule has 0 aliphatic rings. The van der Waals surface area contributed by atoms with Crippen LogP contribution in [0.2, 0.25) is 0 Å². The molecular weight excluding hydrogens is 298 g/mol. The zero-order chi connectivity index (χ0) is 16.5. The minimum absolute atomic E-state index is 0.455. The first-order chi connectivity index (χ1) is 11.2. The highest BCUT2D eigenvalue weighted by Crippen LogP contribution is 2.24. The Morgan fingerprint density at radius 1 is 0.870 bits per heavy atom. The molecule has 0 unspecified atom stereocenters. The third kappa shape index (κ3) is 5.47. The summed E-state index contributed by atoms with van der Waals surface area (Å²) in [5.74, 6) is 0. The summed E-state index contributed by atoms with van der Waals surface area (Å²) in [4.78, 5) is 0.455. The maximum absolute atomic E-state index is 5.83. The van der Waals surface area contributed by atoms with Gasteiger partial charge in [-0.3, -0.25) is 0 Å². The molecule has 2 rings (SSSR count). The first kappa shape index (κ1) is 17.7. The van der Waals surface area contributed by atoms with Crippen LogP contribution in [0.1, 0.15) is 56.6 Å². The Labute approximate surface area is 145 Å². The molecule has 0 amide bonds. The molecule has 0 spiro atoms. The number of hydrogen-bond acceptors (Lipinski definition) is 1. The molecule has 1 nitrogen and oxygen atoms in total. The van der Waals surface area contributed by atoms with Gasteiger partial charge in [-0.05, 0) is 29.5 Å². The second kappa shape index (κ2) is 9.46. The Morgan fingerprint density at radius 3 is 2.22 bits per heavy atom. The summed E-state index contributed by atoms with van der Waals surface area (Å²) in [5, 5.41) is 0. The van der Waals surface area contributed by atoms with Crippen LogP contribution in [0.3, 0.4) is 0 Å². The van der Waals surface area contributed by atoms with Crippen LogP contribution in [-0.4, -0.2) is 4.99 Å². The Bertz CT molecular complexity index is 616. The van der Waals surface area contributed by atoms with E-state index in [1.165, 1.54) is 56.1 Å². The van der Waals surface area contributed by atoms with Crippen LogP contribution in [0.5, 0.6) is 0 Å². The molecule has 122 valence electrons. The molecule has 0 saturated heterocycles. The molecule has 2 N–H and O–H groups in total. The molecule has 0 aromatic heterocycles. The highest BCUT2D eigenvalue weighted by molar-refractivity contribution is 7.80. The van der Waals surface area contributed by atoms with Crippen molar-refractivity contribution in [3.05, 3.63) is 59.7 Å². The zero-order valence-corrected chi connectivity index (χ0v) is 14.9. The maximum Gasteiger partial charge on any atom is 0.104 e. The van der Waals surface area contributed by atoms with Crippen molar-refractivity contribution in [2.45, 2.75) is 51.9 Å². The van der Waals surface area contributed by atoms with Gasteiger partial charge in [-0.1, -0.05) is 99.8 Å². The fraction of sp³-hybridized carbons (Fsp3) is 0.381. The minimum atomic E-state index is 0.455.